The van der Waals surface area contributed by atoms with Crippen LogP contribution in [0, 0.1) is 0 Å². The maximum atomic E-state index is 10.9. The van der Waals surface area contributed by atoms with Gasteiger partial charge < -0.3 is 18.6 Å². The average Bonchev–Trinajstić information content (AvgIpc) is 3.15. The van der Waals surface area contributed by atoms with Gasteiger partial charge in [0.05, 0.1) is 14.2 Å². The number of hydrogen-bond donors (Lipinski definition) is 0. The van der Waals surface area contributed by atoms with Gasteiger partial charge in [0.15, 0.2) is 18.1 Å². The molecule has 0 atom stereocenters. The molecule has 0 aliphatic heterocycles. The highest BCUT2D eigenvalue weighted by Crippen LogP contribution is 2.28. The number of nitrogens with zero attached hydrogens (tertiary/aromatic N) is 2. The van der Waals surface area contributed by atoms with E-state index in [9.17, 15) is 4.79 Å². The van der Waals surface area contributed by atoms with E-state index in [1.165, 1.54) is 7.11 Å². The first-order chi connectivity index (χ1) is 12.2. The number of benzene rings is 2. The molecule has 0 spiro atoms. The Bertz CT molecular complexity index is 858. The largest absolute Gasteiger partial charge is 0.497 e. The minimum Gasteiger partial charge on any atom is -0.497 e. The number of hydrogen-bond acceptors (Lipinski definition) is 7. The van der Waals surface area contributed by atoms with Gasteiger partial charge in [0.25, 0.3) is 5.89 Å². The van der Waals surface area contributed by atoms with E-state index in [-0.39, 0.29) is 6.61 Å². The Morgan fingerprint density at radius 2 is 1.80 bits per heavy atom. The number of rotatable bonds is 7. The Labute approximate surface area is 144 Å². The zero-order valence-corrected chi connectivity index (χ0v) is 13.8. The zero-order chi connectivity index (χ0) is 17.6. The second kappa shape index (κ2) is 7.48. The maximum Gasteiger partial charge on any atom is 0.254 e. The summed E-state index contributed by atoms with van der Waals surface area (Å²) < 4.78 is 21.6. The van der Waals surface area contributed by atoms with Crippen LogP contribution in [-0.4, -0.2) is 30.7 Å². The highest BCUT2D eigenvalue weighted by molar-refractivity contribution is 5.76. The summed E-state index contributed by atoms with van der Waals surface area (Å²) in [6.45, 7) is 0.0574. The van der Waals surface area contributed by atoms with Crippen molar-refractivity contribution in [3.05, 3.63) is 53.9 Å². The summed E-state index contributed by atoms with van der Waals surface area (Å²) in [5.41, 5.74) is 1.26. The second-order valence-electron chi connectivity index (χ2n) is 5.05. The molecule has 1 aromatic heterocycles. The molecule has 7 heteroatoms. The lowest BCUT2D eigenvalue weighted by Crippen LogP contribution is -1.99. The fourth-order valence-corrected chi connectivity index (χ4v) is 2.18. The van der Waals surface area contributed by atoms with Crippen molar-refractivity contribution in [2.75, 3.05) is 14.2 Å². The van der Waals surface area contributed by atoms with Crippen LogP contribution in [0.5, 0.6) is 17.2 Å². The number of carbonyl (C=O) groups excluding carboxylic acids is 1. The van der Waals surface area contributed by atoms with Crippen LogP contribution in [0.1, 0.15) is 16.2 Å². The van der Waals surface area contributed by atoms with Crippen molar-refractivity contribution in [3.8, 4) is 28.7 Å². The fourth-order valence-electron chi connectivity index (χ4n) is 2.18. The molecule has 2 aromatic carbocycles. The third-order valence-corrected chi connectivity index (χ3v) is 3.48. The lowest BCUT2D eigenvalue weighted by molar-refractivity contribution is 0.112. The highest BCUT2D eigenvalue weighted by atomic mass is 16.5. The van der Waals surface area contributed by atoms with Gasteiger partial charge in [-0.05, 0) is 42.5 Å². The summed E-state index contributed by atoms with van der Waals surface area (Å²) >= 11 is 0. The van der Waals surface area contributed by atoms with Crippen LogP contribution in [0.4, 0.5) is 0 Å². The summed E-state index contributed by atoms with van der Waals surface area (Å²) in [5, 5.41) is 7.97. The van der Waals surface area contributed by atoms with Gasteiger partial charge in [-0.1, -0.05) is 0 Å². The van der Waals surface area contributed by atoms with Crippen LogP contribution in [-0.2, 0) is 6.61 Å². The molecule has 25 heavy (non-hydrogen) atoms. The van der Waals surface area contributed by atoms with Crippen molar-refractivity contribution in [2.45, 2.75) is 6.61 Å². The van der Waals surface area contributed by atoms with Crippen molar-refractivity contribution in [1.29, 1.82) is 0 Å². The molecule has 0 amide bonds. The molecule has 0 aliphatic rings. The van der Waals surface area contributed by atoms with Crippen LogP contribution in [0.15, 0.2) is 46.9 Å². The predicted molar refractivity (Wildman–Crippen MR) is 89.0 cm³/mol. The van der Waals surface area contributed by atoms with Crippen molar-refractivity contribution in [2.24, 2.45) is 0 Å². The Hall–Kier alpha value is -3.35. The lowest BCUT2D eigenvalue weighted by Gasteiger charge is -2.09. The van der Waals surface area contributed by atoms with Gasteiger partial charge in [-0.25, -0.2) is 0 Å². The van der Waals surface area contributed by atoms with E-state index in [0.717, 1.165) is 17.6 Å². The summed E-state index contributed by atoms with van der Waals surface area (Å²) in [4.78, 5) is 10.9. The van der Waals surface area contributed by atoms with E-state index in [2.05, 4.69) is 10.2 Å². The van der Waals surface area contributed by atoms with Gasteiger partial charge in [-0.15, -0.1) is 10.2 Å². The Morgan fingerprint density at radius 1 is 1.00 bits per heavy atom. The van der Waals surface area contributed by atoms with Crippen LogP contribution in [0.3, 0.4) is 0 Å². The second-order valence-corrected chi connectivity index (χ2v) is 5.05. The van der Waals surface area contributed by atoms with Crippen molar-refractivity contribution in [3.63, 3.8) is 0 Å². The molecular weight excluding hydrogens is 324 g/mol. The van der Waals surface area contributed by atoms with Crippen molar-refractivity contribution in [1.82, 2.24) is 10.2 Å². The topological polar surface area (TPSA) is 83.7 Å². The van der Waals surface area contributed by atoms with Crippen LogP contribution >= 0.6 is 0 Å². The van der Waals surface area contributed by atoms with E-state index >= 15 is 0 Å². The molecule has 0 bridgehead atoms. The predicted octanol–water partition coefficient (Wildman–Crippen LogP) is 3.15. The number of carbonyl (C=O) groups is 1. The molecular formula is C18H16N2O5. The van der Waals surface area contributed by atoms with Gasteiger partial charge in [0.2, 0.25) is 5.89 Å². The first kappa shape index (κ1) is 16.5. The summed E-state index contributed by atoms with van der Waals surface area (Å²) in [7, 11) is 3.13. The Balaban J connectivity index is 1.72. The standard InChI is InChI=1S/C18H16N2O5/c1-22-14-6-4-13(5-7-14)18-20-19-17(25-18)11-24-16-9-12(10-21)3-8-15(16)23-2/h3-10H,11H2,1-2H3. The van der Waals surface area contributed by atoms with Gasteiger partial charge in [0.1, 0.15) is 12.0 Å². The van der Waals surface area contributed by atoms with E-state index < -0.39 is 0 Å². The summed E-state index contributed by atoms with van der Waals surface area (Å²) in [5.74, 6) is 2.38. The molecule has 0 aliphatic carbocycles. The van der Waals surface area contributed by atoms with Crippen molar-refractivity contribution < 1.29 is 23.4 Å². The van der Waals surface area contributed by atoms with Gasteiger partial charge in [0, 0.05) is 11.1 Å². The van der Waals surface area contributed by atoms with E-state index in [4.69, 9.17) is 18.6 Å². The molecule has 0 N–H and O–H groups in total. The molecule has 3 aromatic rings. The first-order valence-electron chi connectivity index (χ1n) is 7.46. The van der Waals surface area contributed by atoms with E-state index in [0.29, 0.717) is 28.8 Å². The van der Waals surface area contributed by atoms with Crippen LogP contribution in [0.25, 0.3) is 11.5 Å². The minimum atomic E-state index is 0.0574. The van der Waals surface area contributed by atoms with Gasteiger partial charge in [-0.3, -0.25) is 4.79 Å². The quantitative estimate of drug-likeness (QED) is 0.611. The monoisotopic (exact) mass is 340 g/mol. The van der Waals surface area contributed by atoms with E-state index in [1.807, 2.05) is 24.3 Å². The molecule has 3 rings (SSSR count). The molecule has 1 heterocycles. The first-order valence-corrected chi connectivity index (χ1v) is 7.46. The average molecular weight is 340 g/mol. The normalized spacial score (nSPS) is 10.3. The minimum absolute atomic E-state index is 0.0574. The molecule has 0 radical (unpaired) electrons. The fraction of sp³-hybridized carbons (Fsp3) is 0.167. The number of aldehydes is 1. The SMILES string of the molecule is COc1ccc(-c2nnc(COc3cc(C=O)ccc3OC)o2)cc1. The summed E-state index contributed by atoms with van der Waals surface area (Å²) in [6.07, 6.45) is 0.737. The van der Waals surface area contributed by atoms with Gasteiger partial charge in [-0.2, -0.15) is 0 Å². The summed E-state index contributed by atoms with van der Waals surface area (Å²) in [6, 6.07) is 12.2. The molecule has 0 saturated heterocycles. The molecule has 0 saturated carbocycles. The van der Waals surface area contributed by atoms with Gasteiger partial charge >= 0.3 is 0 Å². The third kappa shape index (κ3) is 3.77. The number of aromatic nitrogens is 2. The molecule has 7 nitrogen and oxygen atoms in total. The third-order valence-electron chi connectivity index (χ3n) is 3.48. The molecule has 0 unspecified atom stereocenters. The van der Waals surface area contributed by atoms with E-state index in [1.54, 1.807) is 25.3 Å². The van der Waals surface area contributed by atoms with Crippen molar-refractivity contribution >= 4 is 6.29 Å². The molecule has 128 valence electrons. The smallest absolute Gasteiger partial charge is 0.254 e. The highest BCUT2D eigenvalue weighted by Gasteiger charge is 2.11. The van der Waals surface area contributed by atoms with Crippen LogP contribution in [0.2, 0.25) is 0 Å². The maximum absolute atomic E-state index is 10.9. The number of methoxy groups -OCH3 is 2. The Morgan fingerprint density at radius 3 is 2.48 bits per heavy atom. The van der Waals surface area contributed by atoms with Crippen LogP contribution < -0.4 is 14.2 Å². The number of ether oxygens (including phenoxy) is 3. The Kier molecular flexibility index (Phi) is 4.94. The zero-order valence-electron chi connectivity index (χ0n) is 13.8. The lowest BCUT2D eigenvalue weighted by atomic mass is 10.2. The molecule has 0 fully saturated rings.